The lowest BCUT2D eigenvalue weighted by molar-refractivity contribution is -0.119. The molecular weight excluding hydrogens is 360 g/mol. The van der Waals surface area contributed by atoms with Crippen LogP contribution in [-0.2, 0) is 27.8 Å². The van der Waals surface area contributed by atoms with Crippen LogP contribution in [0, 0.1) is 12.8 Å². The minimum absolute atomic E-state index is 0.167. The fraction of sp³-hybridized carbons (Fsp3) is 0.381. The van der Waals surface area contributed by atoms with Gasteiger partial charge in [0.05, 0.1) is 4.90 Å². The Balaban J connectivity index is 1.55. The monoisotopic (exact) mass is 384 g/mol. The van der Waals surface area contributed by atoms with Crippen molar-refractivity contribution >= 4 is 21.6 Å². The van der Waals surface area contributed by atoms with Crippen molar-refractivity contribution in [2.45, 2.75) is 37.6 Å². The molecule has 2 aromatic rings. The highest BCUT2D eigenvalue weighted by molar-refractivity contribution is 7.89. The second-order valence-electron chi connectivity index (χ2n) is 7.55. The minimum Gasteiger partial charge on any atom is -0.312 e. The maximum atomic E-state index is 13.0. The number of carbonyl (C=O) groups is 1. The highest BCUT2D eigenvalue weighted by Gasteiger charge is 2.37. The van der Waals surface area contributed by atoms with Crippen LogP contribution in [0.5, 0.6) is 0 Å². The average molecular weight is 385 g/mol. The zero-order chi connectivity index (χ0) is 19.2. The molecule has 1 heterocycles. The first-order chi connectivity index (χ1) is 12.9. The van der Waals surface area contributed by atoms with Crippen LogP contribution >= 0.6 is 0 Å². The van der Waals surface area contributed by atoms with E-state index in [9.17, 15) is 13.2 Å². The van der Waals surface area contributed by atoms with Gasteiger partial charge < -0.3 is 4.90 Å². The molecule has 142 valence electrons. The van der Waals surface area contributed by atoms with Crippen LogP contribution < -0.4 is 4.90 Å². The molecule has 4 rings (SSSR count). The summed E-state index contributed by atoms with van der Waals surface area (Å²) in [5.41, 5.74) is 3.91. The summed E-state index contributed by atoms with van der Waals surface area (Å²) in [6, 6.07) is 13.0. The summed E-state index contributed by atoms with van der Waals surface area (Å²) < 4.78 is 27.3. The molecule has 1 fully saturated rings. The van der Waals surface area contributed by atoms with Gasteiger partial charge in [0.15, 0.2) is 0 Å². The van der Waals surface area contributed by atoms with Gasteiger partial charge in [-0.3, -0.25) is 4.79 Å². The first-order valence-electron chi connectivity index (χ1n) is 9.32. The van der Waals surface area contributed by atoms with Crippen LogP contribution in [0.25, 0.3) is 0 Å². The fourth-order valence-corrected chi connectivity index (χ4v) is 4.74. The third-order valence-electron chi connectivity index (χ3n) is 5.37. The van der Waals surface area contributed by atoms with Crippen molar-refractivity contribution in [2.24, 2.45) is 5.92 Å². The highest BCUT2D eigenvalue weighted by Crippen LogP contribution is 2.37. The molecule has 1 saturated carbocycles. The minimum atomic E-state index is -3.58. The summed E-state index contributed by atoms with van der Waals surface area (Å²) in [4.78, 5) is 14.5. The molecule has 0 radical (unpaired) electrons. The molecule has 2 aromatic carbocycles. The Morgan fingerprint density at radius 3 is 2.52 bits per heavy atom. The number of hydrogen-bond donors (Lipinski definition) is 0. The van der Waals surface area contributed by atoms with E-state index in [4.69, 9.17) is 0 Å². The van der Waals surface area contributed by atoms with Gasteiger partial charge in [0.25, 0.3) is 0 Å². The van der Waals surface area contributed by atoms with Crippen molar-refractivity contribution in [3.05, 3.63) is 59.2 Å². The lowest BCUT2D eigenvalue weighted by atomic mass is 10.1. The van der Waals surface area contributed by atoms with Gasteiger partial charge in [-0.1, -0.05) is 29.8 Å². The number of aryl methyl sites for hydroxylation is 1. The summed E-state index contributed by atoms with van der Waals surface area (Å²) in [6.45, 7) is 2.98. The number of hydrogen-bond acceptors (Lipinski definition) is 3. The van der Waals surface area contributed by atoms with Crippen LogP contribution in [0.2, 0.25) is 0 Å². The second-order valence-corrected chi connectivity index (χ2v) is 9.60. The highest BCUT2D eigenvalue weighted by atomic mass is 32.2. The SMILES string of the molecule is Cc1ccc(CN(C)S(=O)(=O)c2ccc3c(c2)CCN3C(=O)C2CC2)cc1. The molecule has 0 atom stereocenters. The van der Waals surface area contributed by atoms with E-state index in [0.29, 0.717) is 19.5 Å². The molecule has 0 spiro atoms. The second kappa shape index (κ2) is 6.77. The first-order valence-corrected chi connectivity index (χ1v) is 10.8. The van der Waals surface area contributed by atoms with Crippen molar-refractivity contribution in [2.75, 3.05) is 18.5 Å². The largest absolute Gasteiger partial charge is 0.312 e. The Kier molecular flexibility index (Phi) is 4.56. The van der Waals surface area contributed by atoms with Gasteiger partial charge in [-0.25, -0.2) is 8.42 Å². The van der Waals surface area contributed by atoms with Gasteiger partial charge in [-0.2, -0.15) is 4.31 Å². The maximum absolute atomic E-state index is 13.0. The van der Waals surface area contributed by atoms with Gasteiger partial charge in [0.1, 0.15) is 0 Å². The molecule has 0 bridgehead atoms. The van der Waals surface area contributed by atoms with Crippen molar-refractivity contribution in [1.29, 1.82) is 0 Å². The Labute approximate surface area is 160 Å². The Hall–Kier alpha value is -2.18. The van der Waals surface area contributed by atoms with Gasteiger partial charge in [-0.15, -0.1) is 0 Å². The number of fused-ring (bicyclic) bond motifs is 1. The molecule has 6 heteroatoms. The molecule has 27 heavy (non-hydrogen) atoms. The summed E-state index contributed by atoms with van der Waals surface area (Å²) in [5.74, 6) is 0.348. The summed E-state index contributed by atoms with van der Waals surface area (Å²) in [5, 5.41) is 0. The molecule has 0 saturated heterocycles. The molecule has 1 aliphatic carbocycles. The zero-order valence-corrected chi connectivity index (χ0v) is 16.5. The molecule has 1 aliphatic heterocycles. The Bertz CT molecular complexity index is 979. The number of carbonyl (C=O) groups excluding carboxylic acids is 1. The average Bonchev–Trinajstić information content (AvgIpc) is 3.42. The van der Waals surface area contributed by atoms with Gasteiger partial charge in [0, 0.05) is 31.7 Å². The lowest BCUT2D eigenvalue weighted by Gasteiger charge is -2.19. The molecule has 1 amide bonds. The van der Waals surface area contributed by atoms with Crippen molar-refractivity contribution < 1.29 is 13.2 Å². The van der Waals surface area contributed by atoms with Crippen LogP contribution in [0.15, 0.2) is 47.4 Å². The van der Waals surface area contributed by atoms with Crippen molar-refractivity contribution in [3.63, 3.8) is 0 Å². The van der Waals surface area contributed by atoms with Crippen molar-refractivity contribution in [3.8, 4) is 0 Å². The third-order valence-corrected chi connectivity index (χ3v) is 7.17. The smallest absolute Gasteiger partial charge is 0.243 e. The number of sulfonamides is 1. The molecule has 0 aromatic heterocycles. The molecular formula is C21H24N2O3S. The molecule has 2 aliphatic rings. The number of amides is 1. The summed E-state index contributed by atoms with van der Waals surface area (Å²) in [6.07, 6.45) is 2.65. The maximum Gasteiger partial charge on any atom is 0.243 e. The zero-order valence-electron chi connectivity index (χ0n) is 15.7. The van der Waals surface area contributed by atoms with Crippen LogP contribution in [0.1, 0.15) is 29.5 Å². The fourth-order valence-electron chi connectivity index (χ4n) is 3.53. The number of rotatable bonds is 5. The van der Waals surface area contributed by atoms with Crippen LogP contribution in [-0.4, -0.2) is 32.2 Å². The van der Waals surface area contributed by atoms with E-state index in [1.54, 1.807) is 25.2 Å². The van der Waals surface area contributed by atoms with Crippen molar-refractivity contribution in [1.82, 2.24) is 4.31 Å². The molecule has 5 nitrogen and oxygen atoms in total. The third kappa shape index (κ3) is 3.51. The van der Waals surface area contributed by atoms with E-state index in [1.807, 2.05) is 36.1 Å². The lowest BCUT2D eigenvalue weighted by Crippen LogP contribution is -2.30. The van der Waals surface area contributed by atoms with Crippen LogP contribution in [0.3, 0.4) is 0 Å². The number of anilines is 1. The van der Waals surface area contributed by atoms with Gasteiger partial charge in [0.2, 0.25) is 15.9 Å². The number of nitrogens with zero attached hydrogens (tertiary/aromatic N) is 2. The first kappa shape index (κ1) is 18.2. The van der Waals surface area contributed by atoms with Crippen LogP contribution in [0.4, 0.5) is 5.69 Å². The van der Waals surface area contributed by atoms with Gasteiger partial charge in [-0.05, 0) is 55.5 Å². The predicted molar refractivity (Wildman–Crippen MR) is 105 cm³/mol. The van der Waals surface area contributed by atoms with E-state index in [1.165, 1.54) is 4.31 Å². The van der Waals surface area contributed by atoms with E-state index in [0.717, 1.165) is 35.2 Å². The standard InChI is InChI=1S/C21H24N2O3S/c1-15-3-5-16(6-4-15)14-22(2)27(25,26)19-9-10-20-18(13-19)11-12-23(20)21(24)17-7-8-17/h3-6,9-10,13,17H,7-8,11-12,14H2,1-2H3. The van der Waals surface area contributed by atoms with Gasteiger partial charge >= 0.3 is 0 Å². The summed E-state index contributed by atoms with van der Waals surface area (Å²) in [7, 11) is -1.98. The number of benzene rings is 2. The normalized spacial score (nSPS) is 16.6. The topological polar surface area (TPSA) is 57.7 Å². The predicted octanol–water partition coefficient (Wildman–Crippen LogP) is 3.11. The van der Waals surface area contributed by atoms with E-state index < -0.39 is 10.0 Å². The summed E-state index contributed by atoms with van der Waals surface area (Å²) >= 11 is 0. The Morgan fingerprint density at radius 2 is 1.85 bits per heavy atom. The van der Waals surface area contributed by atoms with E-state index >= 15 is 0 Å². The quantitative estimate of drug-likeness (QED) is 0.796. The molecule has 0 unspecified atom stereocenters. The van der Waals surface area contributed by atoms with E-state index in [2.05, 4.69) is 0 Å². The Morgan fingerprint density at radius 1 is 1.15 bits per heavy atom. The molecule has 0 N–H and O–H groups in total. The van der Waals surface area contributed by atoms with E-state index in [-0.39, 0.29) is 16.7 Å².